The van der Waals surface area contributed by atoms with Gasteiger partial charge in [-0.15, -0.1) is 11.8 Å². The van der Waals surface area contributed by atoms with Crippen LogP contribution in [0.3, 0.4) is 0 Å². The molecule has 1 aromatic rings. The Morgan fingerprint density at radius 1 is 1.33 bits per heavy atom. The number of likely N-dealkylation sites (tertiary alicyclic amines) is 1. The van der Waals surface area contributed by atoms with Crippen molar-refractivity contribution in [3.8, 4) is 0 Å². The van der Waals surface area contributed by atoms with Crippen molar-refractivity contribution in [2.45, 2.75) is 43.4 Å². The van der Waals surface area contributed by atoms with Crippen LogP contribution in [0.15, 0.2) is 29.2 Å². The van der Waals surface area contributed by atoms with Gasteiger partial charge in [-0.3, -0.25) is 9.59 Å². The number of nitrogens with zero attached hydrogens (tertiary/aromatic N) is 1. The lowest BCUT2D eigenvalue weighted by atomic mass is 10.2. The van der Waals surface area contributed by atoms with Crippen LogP contribution in [-0.2, 0) is 9.53 Å². The van der Waals surface area contributed by atoms with E-state index in [1.807, 2.05) is 12.1 Å². The summed E-state index contributed by atoms with van der Waals surface area (Å²) in [7, 11) is 0. The van der Waals surface area contributed by atoms with Gasteiger partial charge in [0.1, 0.15) is 5.25 Å². The van der Waals surface area contributed by atoms with Crippen LogP contribution in [0.25, 0.3) is 0 Å². The normalized spacial score (nSPS) is 18.8. The van der Waals surface area contributed by atoms with E-state index in [-0.39, 0.29) is 12.0 Å². The zero-order valence-corrected chi connectivity index (χ0v) is 15.2. The first-order valence-electron chi connectivity index (χ1n) is 8.27. The molecule has 1 aliphatic rings. The number of aliphatic carboxylic acids is 1. The zero-order valence-electron chi connectivity index (χ0n) is 14.4. The fourth-order valence-electron chi connectivity index (χ4n) is 2.53. The molecule has 0 spiro atoms. The number of hydrogen-bond acceptors (Lipinski definition) is 4. The number of ether oxygens (including phenoxy) is 1. The Morgan fingerprint density at radius 2 is 2.04 bits per heavy atom. The molecule has 1 aromatic carbocycles. The predicted octanol–water partition coefficient (Wildman–Crippen LogP) is 3.14. The second-order valence-electron chi connectivity index (χ2n) is 6.48. The van der Waals surface area contributed by atoms with Crippen LogP contribution in [-0.4, -0.2) is 52.9 Å². The van der Waals surface area contributed by atoms with Crippen LogP contribution in [0.1, 0.15) is 37.6 Å². The Hall–Kier alpha value is -1.53. The molecule has 6 heteroatoms. The van der Waals surface area contributed by atoms with E-state index in [1.165, 1.54) is 11.8 Å². The first-order chi connectivity index (χ1) is 11.4. The van der Waals surface area contributed by atoms with Crippen molar-refractivity contribution in [1.29, 1.82) is 0 Å². The molecule has 0 saturated carbocycles. The summed E-state index contributed by atoms with van der Waals surface area (Å²) in [5.41, 5.74) is 0.570. The van der Waals surface area contributed by atoms with E-state index in [1.54, 1.807) is 24.0 Å². The van der Waals surface area contributed by atoms with E-state index in [9.17, 15) is 9.59 Å². The van der Waals surface area contributed by atoms with E-state index < -0.39 is 11.2 Å². The molecule has 24 heavy (non-hydrogen) atoms. The molecule has 1 saturated heterocycles. The summed E-state index contributed by atoms with van der Waals surface area (Å²) in [6.45, 7) is 7.81. The Labute approximate surface area is 147 Å². The van der Waals surface area contributed by atoms with Crippen LogP contribution in [0.2, 0.25) is 0 Å². The second kappa shape index (κ2) is 8.53. The number of hydrogen-bond donors (Lipinski definition) is 1. The minimum absolute atomic E-state index is 0.0497. The fraction of sp³-hybridized carbons (Fsp3) is 0.556. The molecule has 0 radical (unpaired) electrons. The van der Waals surface area contributed by atoms with Crippen molar-refractivity contribution >= 4 is 23.6 Å². The Bertz CT molecular complexity index is 590. The maximum Gasteiger partial charge on any atom is 0.316 e. The minimum atomic E-state index is -0.884. The van der Waals surface area contributed by atoms with Gasteiger partial charge in [-0.2, -0.15) is 0 Å². The predicted molar refractivity (Wildman–Crippen MR) is 94.5 cm³/mol. The first kappa shape index (κ1) is 18.8. The molecular weight excluding hydrogens is 326 g/mol. The molecule has 1 amide bonds. The van der Waals surface area contributed by atoms with Gasteiger partial charge in [0.05, 0.1) is 11.7 Å². The van der Waals surface area contributed by atoms with Crippen LogP contribution in [0, 0.1) is 5.92 Å². The average Bonchev–Trinajstić information content (AvgIpc) is 3.01. The second-order valence-corrected chi connectivity index (χ2v) is 7.87. The zero-order chi connectivity index (χ0) is 17.7. The monoisotopic (exact) mass is 351 g/mol. The van der Waals surface area contributed by atoms with E-state index >= 15 is 0 Å². The van der Waals surface area contributed by atoms with Gasteiger partial charge in [0.2, 0.25) is 0 Å². The summed E-state index contributed by atoms with van der Waals surface area (Å²) in [6, 6.07) is 7.21. The van der Waals surface area contributed by atoms with Gasteiger partial charge < -0.3 is 14.7 Å². The molecule has 1 heterocycles. The lowest BCUT2D eigenvalue weighted by Crippen LogP contribution is -2.31. The quantitative estimate of drug-likeness (QED) is 0.765. The number of amides is 1. The molecule has 1 N–H and O–H groups in total. The fourth-order valence-corrected chi connectivity index (χ4v) is 3.46. The van der Waals surface area contributed by atoms with Crippen molar-refractivity contribution in [2.75, 3.05) is 19.7 Å². The smallest absolute Gasteiger partial charge is 0.316 e. The van der Waals surface area contributed by atoms with E-state index in [2.05, 4.69) is 13.8 Å². The standard InChI is InChI=1S/C18H25NO4S/c1-12(2)11-23-14-8-9-19(10-14)17(20)15-6-4-5-7-16(15)24-13(3)18(21)22/h4-7,12-14H,8-11H2,1-3H3,(H,21,22). The molecule has 5 nitrogen and oxygen atoms in total. The largest absolute Gasteiger partial charge is 0.480 e. The summed E-state index contributed by atoms with van der Waals surface area (Å²) in [5.74, 6) is -0.457. The van der Waals surface area contributed by atoms with Crippen molar-refractivity contribution < 1.29 is 19.4 Å². The average molecular weight is 351 g/mol. The molecule has 0 aliphatic carbocycles. The molecule has 1 fully saturated rings. The molecule has 132 valence electrons. The highest BCUT2D eigenvalue weighted by Crippen LogP contribution is 2.29. The molecule has 0 aromatic heterocycles. The van der Waals surface area contributed by atoms with Gasteiger partial charge in [0, 0.05) is 24.6 Å². The van der Waals surface area contributed by atoms with E-state index in [0.717, 1.165) is 6.42 Å². The van der Waals surface area contributed by atoms with E-state index in [0.29, 0.717) is 36.1 Å². The minimum Gasteiger partial charge on any atom is -0.480 e. The maximum absolute atomic E-state index is 12.8. The highest BCUT2D eigenvalue weighted by Gasteiger charge is 2.29. The van der Waals surface area contributed by atoms with Crippen LogP contribution >= 0.6 is 11.8 Å². The molecule has 2 atom stereocenters. The van der Waals surface area contributed by atoms with Gasteiger partial charge in [0.15, 0.2) is 0 Å². The number of carbonyl (C=O) groups excluding carboxylic acids is 1. The number of rotatable bonds is 7. The Kier molecular flexibility index (Phi) is 6.69. The van der Waals surface area contributed by atoms with Gasteiger partial charge in [-0.25, -0.2) is 0 Å². The molecule has 2 rings (SSSR count). The number of carboxylic acid groups (broad SMARTS) is 1. The van der Waals surface area contributed by atoms with E-state index in [4.69, 9.17) is 9.84 Å². The molecule has 0 bridgehead atoms. The third kappa shape index (κ3) is 4.98. The van der Waals surface area contributed by atoms with Crippen molar-refractivity contribution in [3.63, 3.8) is 0 Å². The molecule has 2 unspecified atom stereocenters. The van der Waals surface area contributed by atoms with Crippen LogP contribution < -0.4 is 0 Å². The lowest BCUT2D eigenvalue weighted by molar-refractivity contribution is -0.136. The summed E-state index contributed by atoms with van der Waals surface area (Å²) < 4.78 is 5.83. The van der Waals surface area contributed by atoms with Crippen LogP contribution in [0.4, 0.5) is 0 Å². The van der Waals surface area contributed by atoms with Crippen LogP contribution in [0.5, 0.6) is 0 Å². The topological polar surface area (TPSA) is 66.8 Å². The highest BCUT2D eigenvalue weighted by atomic mass is 32.2. The summed E-state index contributed by atoms with van der Waals surface area (Å²) in [4.78, 5) is 26.4. The van der Waals surface area contributed by atoms with Gasteiger partial charge in [0.25, 0.3) is 5.91 Å². The number of carboxylic acids is 1. The van der Waals surface area contributed by atoms with Crippen molar-refractivity contribution in [1.82, 2.24) is 4.90 Å². The maximum atomic E-state index is 12.8. The lowest BCUT2D eigenvalue weighted by Gasteiger charge is -2.19. The molecular formula is C18H25NO4S. The third-order valence-electron chi connectivity index (χ3n) is 3.87. The summed E-state index contributed by atoms with van der Waals surface area (Å²) in [5, 5.41) is 8.49. The SMILES string of the molecule is CC(C)COC1CCN(C(=O)c2ccccc2SC(C)C(=O)O)C1. The summed E-state index contributed by atoms with van der Waals surface area (Å²) >= 11 is 1.20. The van der Waals surface area contributed by atoms with Crippen molar-refractivity contribution in [2.24, 2.45) is 5.92 Å². The van der Waals surface area contributed by atoms with Gasteiger partial charge >= 0.3 is 5.97 Å². The number of thioether (sulfide) groups is 1. The number of carbonyl (C=O) groups is 2. The van der Waals surface area contributed by atoms with Gasteiger partial charge in [-0.05, 0) is 31.4 Å². The third-order valence-corrected chi connectivity index (χ3v) is 5.03. The first-order valence-corrected chi connectivity index (χ1v) is 9.15. The van der Waals surface area contributed by atoms with Crippen molar-refractivity contribution in [3.05, 3.63) is 29.8 Å². The Morgan fingerprint density at radius 3 is 2.71 bits per heavy atom. The Balaban J connectivity index is 2.04. The summed E-state index contributed by atoms with van der Waals surface area (Å²) in [6.07, 6.45) is 0.938. The number of benzene rings is 1. The highest BCUT2D eigenvalue weighted by molar-refractivity contribution is 8.00. The van der Waals surface area contributed by atoms with Gasteiger partial charge in [-0.1, -0.05) is 26.0 Å². The molecule has 1 aliphatic heterocycles.